The molecule has 1 aromatic heterocycles. The molecular formula is C18H28N4O. The fraction of sp³-hybridized carbons (Fsp3) is 0.667. The van der Waals surface area contributed by atoms with Crippen molar-refractivity contribution in [3.63, 3.8) is 0 Å². The summed E-state index contributed by atoms with van der Waals surface area (Å²) >= 11 is 0. The summed E-state index contributed by atoms with van der Waals surface area (Å²) in [7, 11) is 0. The predicted octanol–water partition coefficient (Wildman–Crippen LogP) is 2.29. The quantitative estimate of drug-likeness (QED) is 0.800. The number of aryl methyl sites for hydroxylation is 1. The molecule has 0 spiro atoms. The summed E-state index contributed by atoms with van der Waals surface area (Å²) in [5, 5.41) is 4.35. The summed E-state index contributed by atoms with van der Waals surface area (Å²) in [6.07, 6.45) is 12.5. The van der Waals surface area contributed by atoms with Crippen molar-refractivity contribution in [1.82, 2.24) is 19.6 Å². The minimum absolute atomic E-state index is 0.217. The Balaban J connectivity index is 1.52. The van der Waals surface area contributed by atoms with Crippen LogP contribution in [0.2, 0.25) is 0 Å². The zero-order chi connectivity index (χ0) is 16.1. The summed E-state index contributed by atoms with van der Waals surface area (Å²) in [5.74, 6) is 0.587. The second-order valence-electron chi connectivity index (χ2n) is 6.64. The lowest BCUT2D eigenvalue weighted by atomic mass is 9.93. The van der Waals surface area contributed by atoms with E-state index in [1.54, 1.807) is 0 Å². The van der Waals surface area contributed by atoms with Gasteiger partial charge in [-0.2, -0.15) is 5.10 Å². The van der Waals surface area contributed by atoms with Crippen LogP contribution in [0.5, 0.6) is 0 Å². The van der Waals surface area contributed by atoms with E-state index >= 15 is 0 Å². The third-order valence-electron chi connectivity index (χ3n) is 4.94. The van der Waals surface area contributed by atoms with Gasteiger partial charge in [-0.3, -0.25) is 14.4 Å². The Morgan fingerprint density at radius 3 is 2.91 bits per heavy atom. The first-order valence-electron chi connectivity index (χ1n) is 8.93. The number of aromatic nitrogens is 2. The molecule has 1 aliphatic heterocycles. The Morgan fingerprint density at radius 2 is 2.17 bits per heavy atom. The fourth-order valence-corrected chi connectivity index (χ4v) is 3.54. The van der Waals surface area contributed by atoms with Gasteiger partial charge in [0.2, 0.25) is 5.91 Å². The van der Waals surface area contributed by atoms with Gasteiger partial charge in [0, 0.05) is 56.9 Å². The zero-order valence-corrected chi connectivity index (χ0v) is 14.2. The van der Waals surface area contributed by atoms with Crippen LogP contribution in [0, 0.1) is 5.92 Å². The second-order valence-corrected chi connectivity index (χ2v) is 6.64. The number of rotatable bonds is 4. The highest BCUT2D eigenvalue weighted by atomic mass is 16.2. The van der Waals surface area contributed by atoms with E-state index in [2.05, 4.69) is 40.2 Å². The average molecular weight is 316 g/mol. The number of carbonyl (C=O) groups is 1. The molecule has 3 rings (SSSR count). The van der Waals surface area contributed by atoms with E-state index in [1.807, 2.05) is 10.9 Å². The maximum atomic E-state index is 12.7. The van der Waals surface area contributed by atoms with Crippen molar-refractivity contribution >= 4 is 5.91 Å². The summed E-state index contributed by atoms with van der Waals surface area (Å²) < 4.78 is 1.97. The lowest BCUT2D eigenvalue weighted by Gasteiger charge is -2.27. The Labute approximate surface area is 138 Å². The first-order valence-corrected chi connectivity index (χ1v) is 8.93. The van der Waals surface area contributed by atoms with Gasteiger partial charge in [0.1, 0.15) is 0 Å². The van der Waals surface area contributed by atoms with Gasteiger partial charge in [-0.05, 0) is 32.6 Å². The molecule has 1 aromatic rings. The number of carbonyl (C=O) groups excluding carboxylic acids is 1. The number of nitrogens with zero attached hydrogens (tertiary/aromatic N) is 4. The second kappa shape index (κ2) is 7.77. The van der Waals surface area contributed by atoms with E-state index in [1.165, 1.54) is 5.56 Å². The van der Waals surface area contributed by atoms with Gasteiger partial charge >= 0.3 is 0 Å². The van der Waals surface area contributed by atoms with Crippen molar-refractivity contribution in [2.75, 3.05) is 26.2 Å². The molecule has 0 unspecified atom stereocenters. The van der Waals surface area contributed by atoms with Crippen LogP contribution in [-0.4, -0.2) is 51.7 Å². The van der Waals surface area contributed by atoms with E-state index in [9.17, 15) is 4.79 Å². The molecule has 0 radical (unpaired) electrons. The van der Waals surface area contributed by atoms with Crippen LogP contribution >= 0.6 is 0 Å². The lowest BCUT2D eigenvalue weighted by Crippen LogP contribution is -2.39. The smallest absolute Gasteiger partial charge is 0.226 e. The molecule has 1 saturated heterocycles. The van der Waals surface area contributed by atoms with Crippen molar-refractivity contribution in [3.8, 4) is 0 Å². The monoisotopic (exact) mass is 316 g/mol. The van der Waals surface area contributed by atoms with Crippen LogP contribution < -0.4 is 0 Å². The van der Waals surface area contributed by atoms with Crippen molar-refractivity contribution in [1.29, 1.82) is 0 Å². The normalized spacial score (nSPS) is 23.0. The van der Waals surface area contributed by atoms with E-state index in [0.717, 1.165) is 65.0 Å². The molecule has 0 aromatic carbocycles. The van der Waals surface area contributed by atoms with E-state index in [4.69, 9.17) is 0 Å². The van der Waals surface area contributed by atoms with Gasteiger partial charge in [0.25, 0.3) is 0 Å². The van der Waals surface area contributed by atoms with Crippen LogP contribution in [-0.2, 0) is 17.9 Å². The summed E-state index contributed by atoms with van der Waals surface area (Å²) in [4.78, 5) is 17.2. The van der Waals surface area contributed by atoms with Gasteiger partial charge < -0.3 is 4.90 Å². The van der Waals surface area contributed by atoms with Crippen LogP contribution in [0.1, 0.15) is 38.2 Å². The van der Waals surface area contributed by atoms with Crippen molar-refractivity contribution in [2.45, 2.75) is 45.7 Å². The molecule has 1 atom stereocenters. The Bertz CT molecular complexity index is 551. The Kier molecular flexibility index (Phi) is 5.49. The van der Waals surface area contributed by atoms with Crippen LogP contribution in [0.4, 0.5) is 0 Å². The number of hydrogen-bond donors (Lipinski definition) is 0. The summed E-state index contributed by atoms with van der Waals surface area (Å²) in [6.45, 7) is 7.75. The highest BCUT2D eigenvalue weighted by Crippen LogP contribution is 2.21. The molecule has 2 aliphatic rings. The molecule has 5 nitrogen and oxygen atoms in total. The first-order chi connectivity index (χ1) is 11.3. The number of amides is 1. The Hall–Kier alpha value is -1.62. The minimum atomic E-state index is 0.217. The van der Waals surface area contributed by atoms with Gasteiger partial charge in [0.15, 0.2) is 0 Å². The van der Waals surface area contributed by atoms with Crippen LogP contribution in [0.3, 0.4) is 0 Å². The highest BCUT2D eigenvalue weighted by Gasteiger charge is 2.26. The maximum absolute atomic E-state index is 12.7. The first kappa shape index (κ1) is 16.2. The third kappa shape index (κ3) is 4.22. The number of hydrogen-bond acceptors (Lipinski definition) is 3. The predicted molar refractivity (Wildman–Crippen MR) is 90.9 cm³/mol. The third-order valence-corrected chi connectivity index (χ3v) is 4.94. The molecular weight excluding hydrogens is 288 g/mol. The molecule has 23 heavy (non-hydrogen) atoms. The van der Waals surface area contributed by atoms with E-state index < -0.39 is 0 Å². The van der Waals surface area contributed by atoms with Gasteiger partial charge in [-0.25, -0.2) is 0 Å². The molecule has 0 saturated carbocycles. The van der Waals surface area contributed by atoms with E-state index in [0.29, 0.717) is 5.91 Å². The summed E-state index contributed by atoms with van der Waals surface area (Å²) in [6, 6.07) is 0. The molecule has 1 fully saturated rings. The molecule has 0 bridgehead atoms. The lowest BCUT2D eigenvalue weighted by molar-refractivity contribution is -0.135. The molecule has 1 aliphatic carbocycles. The van der Waals surface area contributed by atoms with Gasteiger partial charge in [-0.1, -0.05) is 12.2 Å². The molecule has 0 N–H and O–H groups in total. The molecule has 1 amide bonds. The fourth-order valence-electron chi connectivity index (χ4n) is 3.54. The zero-order valence-electron chi connectivity index (χ0n) is 14.2. The van der Waals surface area contributed by atoms with Crippen molar-refractivity contribution < 1.29 is 4.79 Å². The largest absolute Gasteiger partial charge is 0.341 e. The number of allylic oxidation sites excluding steroid dienone is 2. The van der Waals surface area contributed by atoms with Crippen molar-refractivity contribution in [2.24, 2.45) is 5.92 Å². The van der Waals surface area contributed by atoms with Crippen LogP contribution in [0.25, 0.3) is 0 Å². The molecule has 2 heterocycles. The minimum Gasteiger partial charge on any atom is -0.341 e. The maximum Gasteiger partial charge on any atom is 0.226 e. The topological polar surface area (TPSA) is 41.4 Å². The summed E-state index contributed by atoms with van der Waals surface area (Å²) in [5.41, 5.74) is 1.27. The van der Waals surface area contributed by atoms with E-state index in [-0.39, 0.29) is 5.92 Å². The van der Waals surface area contributed by atoms with Gasteiger partial charge in [0.05, 0.1) is 6.20 Å². The highest BCUT2D eigenvalue weighted by molar-refractivity contribution is 5.79. The SMILES string of the molecule is CCn1cc(CN2CCCN(C(=O)[C@H]3CC=CCC3)CC2)cn1. The molecule has 5 heteroatoms. The van der Waals surface area contributed by atoms with Gasteiger partial charge in [-0.15, -0.1) is 0 Å². The Morgan fingerprint density at radius 1 is 1.26 bits per heavy atom. The molecule has 126 valence electrons. The van der Waals surface area contributed by atoms with Crippen molar-refractivity contribution in [3.05, 3.63) is 30.1 Å². The van der Waals surface area contributed by atoms with Crippen LogP contribution in [0.15, 0.2) is 24.5 Å². The standard InChI is InChI=1S/C18H28N4O/c1-2-22-15-16(13-19-22)14-20-9-6-10-21(12-11-20)18(23)17-7-4-3-5-8-17/h3-4,13,15,17H,2,5-12,14H2,1H3/t17-/m0/s1. The average Bonchev–Trinajstić information content (AvgIpc) is 2.92.